The van der Waals surface area contributed by atoms with Gasteiger partial charge in [-0.3, -0.25) is 4.79 Å². The summed E-state index contributed by atoms with van der Waals surface area (Å²) >= 11 is 0. The maximum absolute atomic E-state index is 17.6. The number of Topliss-reactive ketones (excluding diaryl/α,β-unsaturated/α-hetero) is 1. The van der Waals surface area contributed by atoms with Crippen LogP contribution in [-0.2, 0) is 5.54 Å². The summed E-state index contributed by atoms with van der Waals surface area (Å²) in [5, 5.41) is 7.81. The van der Waals surface area contributed by atoms with E-state index in [0.717, 1.165) is 22.3 Å². The molecule has 1 atom stereocenters. The predicted molar refractivity (Wildman–Crippen MR) is 240 cm³/mol. The van der Waals surface area contributed by atoms with Gasteiger partial charge in [0.1, 0.15) is 23.2 Å². The number of imidazole rings is 1. The minimum atomic E-state index is -1.08. The molecule has 0 aliphatic carbocycles. The molecule has 0 radical (unpaired) electrons. The third kappa shape index (κ3) is 8.11. The Balaban J connectivity index is 1.49. The molecule has 9 nitrogen and oxygen atoms in total. The number of hydrogen-bond acceptors (Lipinski definition) is 8. The summed E-state index contributed by atoms with van der Waals surface area (Å²) in [6.07, 6.45) is 1.98. The van der Waals surface area contributed by atoms with Gasteiger partial charge in [0.05, 0.1) is 18.4 Å². The first-order valence-corrected chi connectivity index (χ1v) is 20.9. The summed E-state index contributed by atoms with van der Waals surface area (Å²) in [7, 11) is 0. The predicted octanol–water partition coefficient (Wildman–Crippen LogP) is 11.9. The molecule has 0 saturated heterocycles. The highest BCUT2D eigenvalue weighted by molar-refractivity contribution is 6.01. The average Bonchev–Trinajstić information content (AvgIpc) is 3.95. The molecule has 2 heterocycles. The van der Waals surface area contributed by atoms with Crippen LogP contribution in [0.3, 0.4) is 0 Å². The molecule has 62 heavy (non-hydrogen) atoms. The molecule has 0 bridgehead atoms. The third-order valence-electron chi connectivity index (χ3n) is 10.8. The number of halogens is 1. The van der Waals surface area contributed by atoms with Crippen molar-refractivity contribution in [3.8, 4) is 34.1 Å². The summed E-state index contributed by atoms with van der Waals surface area (Å²) in [6, 6.07) is 48.1. The van der Waals surface area contributed by atoms with Gasteiger partial charge in [-0.15, -0.1) is 0 Å². The first-order chi connectivity index (χ1) is 30.2. The second-order valence-corrected chi connectivity index (χ2v) is 15.2. The monoisotopic (exact) mass is 825 g/mol. The van der Waals surface area contributed by atoms with Gasteiger partial charge in [0.25, 0.3) is 0 Å². The lowest BCUT2D eigenvalue weighted by Gasteiger charge is -2.39. The highest BCUT2D eigenvalue weighted by atomic mass is 19.1. The van der Waals surface area contributed by atoms with Gasteiger partial charge >= 0.3 is 0 Å². The van der Waals surface area contributed by atoms with Crippen LogP contribution in [0.25, 0.3) is 22.6 Å². The van der Waals surface area contributed by atoms with E-state index < -0.39 is 17.4 Å². The molecule has 8 aromatic rings. The maximum atomic E-state index is 17.6. The Morgan fingerprint density at radius 2 is 1.39 bits per heavy atom. The second kappa shape index (κ2) is 18.1. The van der Waals surface area contributed by atoms with Gasteiger partial charge in [-0.2, -0.15) is 4.98 Å². The van der Waals surface area contributed by atoms with Crippen molar-refractivity contribution in [3.63, 3.8) is 0 Å². The van der Waals surface area contributed by atoms with E-state index in [2.05, 4.69) is 56.4 Å². The summed E-state index contributed by atoms with van der Waals surface area (Å²) in [5.74, 6) is 1.26. The van der Waals surface area contributed by atoms with Crippen LogP contribution in [0, 0.1) is 12.7 Å². The topological polar surface area (TPSA) is 104 Å². The van der Waals surface area contributed by atoms with Gasteiger partial charge in [0, 0.05) is 53.5 Å². The smallest absolute Gasteiger partial charge is 0.223 e. The second-order valence-electron chi connectivity index (χ2n) is 15.2. The summed E-state index contributed by atoms with van der Waals surface area (Å²) < 4.78 is 37.2. The van der Waals surface area contributed by atoms with Crippen molar-refractivity contribution in [2.75, 3.05) is 11.9 Å². The molecule has 2 aromatic heterocycles. The molecule has 0 aliphatic rings. The number of ketones is 1. The SMILES string of the molecule is CCOc1cc(OC(C)C)c(F)c(C(Nc2ccc(-c3noc(C)n3)cc2)c2nc(-c3ccccc3C(=O)CC)cn2C(c2ccccc2)(c2ccccc2)c2ccccc2)c1. The van der Waals surface area contributed by atoms with Crippen LogP contribution >= 0.6 is 0 Å². The Kier molecular flexibility index (Phi) is 12.1. The molecule has 8 rings (SSSR count). The van der Waals surface area contributed by atoms with Crippen molar-refractivity contribution in [3.05, 3.63) is 203 Å². The van der Waals surface area contributed by atoms with Crippen LogP contribution in [0.5, 0.6) is 11.5 Å². The molecular formula is C52H48FN5O4. The number of benzene rings is 6. The Bertz CT molecular complexity index is 2670. The highest BCUT2D eigenvalue weighted by Crippen LogP contribution is 2.46. The number of aromatic nitrogens is 4. The van der Waals surface area contributed by atoms with Crippen LogP contribution < -0.4 is 14.8 Å². The molecule has 6 aromatic carbocycles. The fourth-order valence-corrected chi connectivity index (χ4v) is 8.06. The number of carbonyl (C=O) groups is 1. The summed E-state index contributed by atoms with van der Waals surface area (Å²) in [5.41, 5.74) is 5.12. The number of anilines is 1. The van der Waals surface area contributed by atoms with Crippen molar-refractivity contribution in [1.82, 2.24) is 19.7 Å². The first kappa shape index (κ1) is 41.4. The molecule has 0 saturated carbocycles. The van der Waals surface area contributed by atoms with Crippen molar-refractivity contribution >= 4 is 11.5 Å². The first-order valence-electron chi connectivity index (χ1n) is 20.9. The Morgan fingerprint density at radius 3 is 1.94 bits per heavy atom. The molecule has 0 spiro atoms. The van der Waals surface area contributed by atoms with Gasteiger partial charge in [0.2, 0.25) is 11.7 Å². The molecule has 0 aliphatic heterocycles. The Morgan fingerprint density at radius 1 is 0.790 bits per heavy atom. The summed E-state index contributed by atoms with van der Waals surface area (Å²) in [6.45, 7) is 9.54. The van der Waals surface area contributed by atoms with Crippen LogP contribution in [-0.4, -0.2) is 38.2 Å². The fourth-order valence-electron chi connectivity index (χ4n) is 8.06. The zero-order chi connectivity index (χ0) is 43.2. The maximum Gasteiger partial charge on any atom is 0.223 e. The Hall–Kier alpha value is -7.33. The van der Waals surface area contributed by atoms with E-state index >= 15 is 4.39 Å². The molecule has 0 fully saturated rings. The fraction of sp³-hybridized carbons (Fsp3) is 0.192. The number of carbonyl (C=O) groups excluding carboxylic acids is 1. The van der Waals surface area contributed by atoms with E-state index in [0.29, 0.717) is 58.8 Å². The zero-order valence-corrected chi connectivity index (χ0v) is 35.4. The van der Waals surface area contributed by atoms with Gasteiger partial charge < -0.3 is 23.9 Å². The lowest BCUT2D eigenvalue weighted by Crippen LogP contribution is -2.39. The average molecular weight is 826 g/mol. The van der Waals surface area contributed by atoms with Crippen molar-refractivity contribution in [1.29, 1.82) is 0 Å². The largest absolute Gasteiger partial charge is 0.494 e. The van der Waals surface area contributed by atoms with E-state index in [1.807, 2.05) is 137 Å². The zero-order valence-electron chi connectivity index (χ0n) is 35.4. The van der Waals surface area contributed by atoms with Crippen molar-refractivity contribution in [2.24, 2.45) is 0 Å². The summed E-state index contributed by atoms with van der Waals surface area (Å²) in [4.78, 5) is 23.5. The molecule has 0 amide bonds. The van der Waals surface area contributed by atoms with Crippen LogP contribution in [0.2, 0.25) is 0 Å². The van der Waals surface area contributed by atoms with Crippen LogP contribution in [0.1, 0.15) is 84.5 Å². The number of ether oxygens (including phenoxy) is 2. The third-order valence-corrected chi connectivity index (χ3v) is 10.8. The number of rotatable bonds is 16. The van der Waals surface area contributed by atoms with Crippen molar-refractivity contribution < 1.29 is 23.2 Å². The van der Waals surface area contributed by atoms with E-state index in [1.54, 1.807) is 19.1 Å². The molecule has 10 heteroatoms. The Labute approximate surface area is 361 Å². The van der Waals surface area contributed by atoms with Crippen LogP contribution in [0.15, 0.2) is 162 Å². The van der Waals surface area contributed by atoms with Gasteiger partial charge in [-0.25, -0.2) is 9.37 Å². The molecule has 1 N–H and O–H groups in total. The number of hydrogen-bond donors (Lipinski definition) is 1. The van der Waals surface area contributed by atoms with Crippen LogP contribution in [0.4, 0.5) is 10.1 Å². The molecular weight excluding hydrogens is 778 g/mol. The number of nitrogens with zero attached hydrogens (tertiary/aromatic N) is 4. The van der Waals surface area contributed by atoms with Gasteiger partial charge in [0.15, 0.2) is 17.3 Å². The minimum absolute atomic E-state index is 0.0189. The lowest BCUT2D eigenvalue weighted by molar-refractivity contribution is 0.0988. The normalized spacial score (nSPS) is 12.0. The molecule has 312 valence electrons. The van der Waals surface area contributed by atoms with E-state index in [1.165, 1.54) is 0 Å². The quantitative estimate of drug-likeness (QED) is 0.0759. The van der Waals surface area contributed by atoms with Crippen molar-refractivity contribution in [2.45, 2.75) is 58.7 Å². The van der Waals surface area contributed by atoms with Gasteiger partial charge in [-0.1, -0.05) is 127 Å². The minimum Gasteiger partial charge on any atom is -0.494 e. The van der Waals surface area contributed by atoms with E-state index in [9.17, 15) is 4.79 Å². The van der Waals surface area contributed by atoms with E-state index in [-0.39, 0.29) is 23.2 Å². The standard InChI is InChI=1S/C52H48FN5O4/c1-6-46(59)43-26-18-17-25-42(43)45-33-58(52(37-19-11-8-12-20-37,38-21-13-9-14-22-38)39-23-15-10-16-24-39)51(56-45)49(44-31-41(60-7-2)32-47(48(44)53)61-34(3)4)55-40-29-27-36(28-30-40)50-54-35(5)62-57-50/h8-34,49,55H,6-7H2,1-5H3. The number of aryl methyl sites for hydroxylation is 1. The lowest BCUT2D eigenvalue weighted by atomic mass is 9.76. The van der Waals surface area contributed by atoms with E-state index in [4.69, 9.17) is 19.0 Å². The van der Waals surface area contributed by atoms with Gasteiger partial charge in [-0.05, 0) is 67.8 Å². The highest BCUT2D eigenvalue weighted by Gasteiger charge is 2.42. The molecule has 1 unspecified atom stereocenters. The number of nitrogens with one attached hydrogen (secondary N) is 1.